The Labute approximate surface area is 711 Å². The lowest BCUT2D eigenvalue weighted by atomic mass is 10.2. The van der Waals surface area contributed by atoms with Gasteiger partial charge in [0.15, 0.2) is 0 Å². The zero-order valence-corrected chi connectivity index (χ0v) is 71.1. The Hall–Kier alpha value is -8.12. The fourth-order valence-corrected chi connectivity index (χ4v) is 18.8. The first kappa shape index (κ1) is 97.7. The van der Waals surface area contributed by atoms with Gasteiger partial charge in [0, 0.05) is 98.1 Å². The summed E-state index contributed by atoms with van der Waals surface area (Å²) >= 11 is 5.28. The number of ether oxygens (including phenoxy) is 5. The summed E-state index contributed by atoms with van der Waals surface area (Å²) in [6, 6.07) is 0. The molecule has 8 aromatic rings. The lowest BCUT2D eigenvalue weighted by molar-refractivity contribution is 0.0362. The number of alkyl halides is 4. The van der Waals surface area contributed by atoms with Gasteiger partial charge in [0.05, 0.1) is 229 Å². The van der Waals surface area contributed by atoms with Crippen LogP contribution in [0.3, 0.4) is 0 Å². The van der Waals surface area contributed by atoms with Crippen LogP contribution in [0, 0.1) is 27.7 Å². The highest BCUT2D eigenvalue weighted by molar-refractivity contribution is 8.01. The van der Waals surface area contributed by atoms with Crippen molar-refractivity contribution in [3.8, 4) is 0 Å². The van der Waals surface area contributed by atoms with E-state index in [2.05, 4.69) is 41.2 Å². The van der Waals surface area contributed by atoms with Gasteiger partial charge in [0.2, 0.25) is 0 Å². The molecule has 4 aliphatic rings. The molecule has 8 aromatic heterocycles. The maximum atomic E-state index is 12.9. The van der Waals surface area contributed by atoms with E-state index in [-0.39, 0.29) is 191 Å². The van der Waals surface area contributed by atoms with Crippen LogP contribution in [0.15, 0.2) is 87.9 Å². The molecule has 4 fully saturated rings. The van der Waals surface area contributed by atoms with E-state index in [1.807, 2.05) is 0 Å². The molecule has 4 saturated heterocycles. The molecule has 0 saturated carbocycles. The first-order valence-electron chi connectivity index (χ1n) is 39.5. The molecule has 0 aliphatic carbocycles. The Bertz CT molecular complexity index is 5120. The van der Waals surface area contributed by atoms with Crippen molar-refractivity contribution in [3.63, 3.8) is 0 Å². The van der Waals surface area contributed by atoms with Gasteiger partial charge in [0.1, 0.15) is 38.1 Å². The molecular formula is C73H106F4N20O21S4. The molecule has 41 nitrogen and oxygen atoms in total. The first-order chi connectivity index (χ1) is 58.8. The number of hydrogen-bond acceptors (Lipinski definition) is 33. The second-order valence-electron chi connectivity index (χ2n) is 28.7. The number of halogens is 4. The Kier molecular flexibility index (Phi) is 39.2. The summed E-state index contributed by atoms with van der Waals surface area (Å²) in [6.07, 6.45) is 12.8. The van der Waals surface area contributed by atoms with Crippen LogP contribution >= 0.6 is 47.0 Å². The van der Waals surface area contributed by atoms with Gasteiger partial charge in [-0.05, 0) is 40.5 Å². The first-order valence-corrected chi connectivity index (χ1v) is 43.3. The van der Waals surface area contributed by atoms with Gasteiger partial charge in [-0.3, -0.25) is 55.7 Å². The van der Waals surface area contributed by atoms with Crippen molar-refractivity contribution >= 4 is 47.0 Å². The third-order valence-corrected chi connectivity index (χ3v) is 26.0. The van der Waals surface area contributed by atoms with Crippen molar-refractivity contribution in [1.29, 1.82) is 0 Å². The third kappa shape index (κ3) is 27.0. The molecule has 0 spiro atoms. The van der Waals surface area contributed by atoms with Crippen LogP contribution in [-0.2, 0) is 102 Å². The molecule has 8 N–H and O–H groups in total. The van der Waals surface area contributed by atoms with Crippen molar-refractivity contribution in [2.75, 3.05) is 106 Å². The highest BCUT2D eigenvalue weighted by Crippen LogP contribution is 2.43. The molecule has 12 rings (SSSR count). The fraction of sp³-hybridized carbons (Fsp3) is 0.671. The lowest BCUT2D eigenvalue weighted by Gasteiger charge is -2.16. The topological polar surface area (TPSA) is 507 Å². The van der Waals surface area contributed by atoms with E-state index in [0.29, 0.717) is 97.5 Å². The van der Waals surface area contributed by atoms with Crippen molar-refractivity contribution in [2.45, 2.75) is 205 Å². The zero-order chi connectivity index (χ0) is 88.1. The summed E-state index contributed by atoms with van der Waals surface area (Å²) in [5.41, 5.74) is 0.810. The Morgan fingerprint density at radius 2 is 0.590 bits per heavy atom. The summed E-state index contributed by atoms with van der Waals surface area (Å²) in [6.45, 7) is 6.99. The number of aliphatic hydroxyl groups is 8. The molecule has 676 valence electrons. The Balaban J connectivity index is 0.000000185. The van der Waals surface area contributed by atoms with Crippen LogP contribution in [0.2, 0.25) is 0 Å². The van der Waals surface area contributed by atoms with Crippen molar-refractivity contribution < 1.29 is 82.1 Å². The van der Waals surface area contributed by atoms with E-state index in [9.17, 15) is 96.8 Å². The number of rotatable bonds is 42. The fourth-order valence-electron chi connectivity index (χ4n) is 13.3. The molecule has 4 aliphatic heterocycles. The largest absolute Gasteiger partial charge is 0.395 e. The number of aromatic nitrogens is 20. The Morgan fingerprint density at radius 3 is 0.885 bits per heavy atom. The zero-order valence-electron chi connectivity index (χ0n) is 67.9. The maximum Gasteiger partial charge on any atom is 0.332 e. The number of aryl methyl sites for hydroxylation is 9. The van der Waals surface area contributed by atoms with E-state index in [1.165, 1.54) is 109 Å². The van der Waals surface area contributed by atoms with Crippen molar-refractivity contribution in [3.05, 3.63) is 178 Å². The summed E-state index contributed by atoms with van der Waals surface area (Å²) in [5.74, 6) is 0. The van der Waals surface area contributed by atoms with Gasteiger partial charge in [-0.1, -0.05) is 20.9 Å². The summed E-state index contributed by atoms with van der Waals surface area (Å²) in [7, 11) is 0. The van der Waals surface area contributed by atoms with Crippen LogP contribution in [-0.4, -0.2) is 289 Å². The number of hydrogen-bond donors (Lipinski definition) is 8. The van der Waals surface area contributed by atoms with Crippen LogP contribution in [0.5, 0.6) is 0 Å². The number of nitrogens with zero attached hydrogens (tertiary/aromatic N) is 20. The van der Waals surface area contributed by atoms with Crippen LogP contribution in [0.4, 0.5) is 17.6 Å². The standard InChI is InChI=1S/C19H28FN5O6S.C19H28FN5O5S.C18H26FN5O5S.C17H24FN5O5S/c1-13-9-25(17-8-15(27)16(11-26)32-17)19(29)24(18(13)28)4-5-30-6-7-31-12-14-10-23(3-2-20)22-21-14;1-13-10-25(17-9-15(27)16(12-26)31-17)19(29)24(18(13)28)6-8-30-7-2-3-14-11-23(5-4-20)22-21-14;1-12-9-24(16-8-14(26)15(11-25)30-16)18(28)23(17(12)27)5-7-29-6-2-13-10-22(4-3-19)21-20-13;1-11-7-23(15-6-13(25)14(9-24)29-15)17(27)22(16(11)26)4-5-28-10-12-8-21(3-2-18)20-19-12/h9-10,15-17,26-27H,2-8,11-12H2,1H3;10-11,15-17,26-27H,2-9,12H2,1H3;9-10,14-16,25-26H,2-8,11H2,1H3;7-8,13-15,24-25H,2-6,9-10H2,1H3/t2*15?,16-,17?;14?,15-,16?;13?,14-,15?/m1111/s1/i2*20-1;19-1;18-1. The summed E-state index contributed by atoms with van der Waals surface area (Å²) < 4.78 is 92.6. The maximum absolute atomic E-state index is 12.9. The number of aliphatic hydroxyl groups excluding tert-OH is 8. The van der Waals surface area contributed by atoms with Gasteiger partial charge < -0.3 is 64.5 Å². The third-order valence-electron chi connectivity index (χ3n) is 19.8. The normalized spacial score (nSPS) is 21.2. The van der Waals surface area contributed by atoms with E-state index < -0.39 is 79.4 Å². The molecule has 122 heavy (non-hydrogen) atoms. The van der Waals surface area contributed by atoms with Crippen LogP contribution in [0.1, 0.15) is 98.6 Å². The van der Waals surface area contributed by atoms with Crippen LogP contribution in [0.25, 0.3) is 0 Å². The van der Waals surface area contributed by atoms with Gasteiger partial charge in [-0.2, -0.15) is 0 Å². The molecule has 12 atom stereocenters. The molecule has 12 heterocycles. The molecule has 8 unspecified atom stereocenters. The van der Waals surface area contributed by atoms with E-state index in [4.69, 9.17) is 23.7 Å². The minimum atomic E-state index is -0.711. The molecule has 0 aromatic carbocycles. The van der Waals surface area contributed by atoms with Crippen LogP contribution < -0.4 is 45.0 Å². The quantitative estimate of drug-likeness (QED) is 0.0156. The van der Waals surface area contributed by atoms with E-state index in [0.717, 1.165) is 24.0 Å². The predicted octanol–water partition coefficient (Wildman–Crippen LogP) is -1.69. The summed E-state index contributed by atoms with van der Waals surface area (Å²) in [4.78, 5) is 101. The molecular weight excluding hydrogens is 1690 g/mol. The smallest absolute Gasteiger partial charge is 0.332 e. The lowest BCUT2D eigenvalue weighted by Crippen LogP contribution is -2.42. The number of thioether (sulfide) groups is 4. The predicted molar refractivity (Wildman–Crippen MR) is 439 cm³/mol. The van der Waals surface area contributed by atoms with E-state index >= 15 is 0 Å². The van der Waals surface area contributed by atoms with Gasteiger partial charge >= 0.3 is 22.8 Å². The van der Waals surface area contributed by atoms with Crippen molar-refractivity contribution in [2.24, 2.45) is 0 Å². The average Bonchev–Trinajstić information content (AvgIpc) is 1.52. The molecule has 0 amide bonds. The monoisotopic (exact) mass is 1800 g/mol. The second-order valence-corrected chi connectivity index (χ2v) is 34.4. The van der Waals surface area contributed by atoms with Crippen molar-refractivity contribution in [1.82, 2.24) is 96.5 Å². The van der Waals surface area contributed by atoms with E-state index in [1.54, 1.807) is 52.5 Å². The SMILES string of the molecule is Cc1cn(C2CC(O)[C@@H](CO)S2)c(=O)n(CCOCCCc2cn(CC[18F])nn2)c1=O.Cc1cn(C2CC(O)[C@@H](CO)S2)c(=O)n(CCOCCOCc2cn(CC[18F])nn2)c1=O.Cc1cn(C2CC(O)[C@@H](CO)S2)c(=O)n(CCOCCc2cn(CC[18F])nn2)c1=O.Cc1cn(C2CC(O)[C@@H](CO)S2)c(=O)n(CCOCc2cn(CC[18F])nn2)c1=O. The molecule has 0 radical (unpaired) electrons. The minimum Gasteiger partial charge on any atom is -0.395 e. The highest BCUT2D eigenvalue weighted by Gasteiger charge is 2.39. The molecule has 0 bridgehead atoms. The van der Waals surface area contributed by atoms with Gasteiger partial charge in [-0.25, -0.2) is 55.5 Å². The second kappa shape index (κ2) is 49.0. The Morgan fingerprint density at radius 1 is 0.336 bits per heavy atom. The minimum absolute atomic E-state index is 0.0569. The average molecular weight is 1800 g/mol. The highest BCUT2D eigenvalue weighted by atomic mass is 32.2. The van der Waals surface area contributed by atoms with Gasteiger partial charge in [0.25, 0.3) is 22.2 Å². The van der Waals surface area contributed by atoms with Gasteiger partial charge in [-0.15, -0.1) is 67.4 Å². The molecule has 49 heteroatoms. The summed E-state index contributed by atoms with van der Waals surface area (Å²) in [5, 5.41) is 105.